The largest absolute Gasteiger partial charge is 0.315 e. The van der Waals surface area contributed by atoms with Crippen molar-refractivity contribution >= 4 is 21.4 Å². The van der Waals surface area contributed by atoms with Gasteiger partial charge in [-0.25, -0.2) is 13.1 Å². The third-order valence-electron chi connectivity index (χ3n) is 1.95. The van der Waals surface area contributed by atoms with Crippen molar-refractivity contribution in [1.82, 2.24) is 10.0 Å². The Morgan fingerprint density at radius 1 is 1.44 bits per heavy atom. The Balaban J connectivity index is 3.03. The molecule has 1 aromatic heterocycles. The van der Waals surface area contributed by atoms with Crippen LogP contribution in [0, 0.1) is 6.92 Å². The van der Waals surface area contributed by atoms with E-state index in [4.69, 9.17) is 0 Å². The molecule has 92 valence electrons. The average Bonchev–Trinajstić information content (AvgIpc) is 2.45. The van der Waals surface area contributed by atoms with E-state index in [0.717, 1.165) is 9.75 Å². The second-order valence-electron chi connectivity index (χ2n) is 3.94. The average molecular weight is 262 g/mol. The van der Waals surface area contributed by atoms with Gasteiger partial charge in [-0.2, -0.15) is 0 Å². The normalized spacial score (nSPS) is 12.3. The zero-order chi connectivity index (χ0) is 12.3. The van der Waals surface area contributed by atoms with Gasteiger partial charge >= 0.3 is 0 Å². The van der Waals surface area contributed by atoms with Crippen molar-refractivity contribution in [2.24, 2.45) is 0 Å². The maximum atomic E-state index is 12.0. The van der Waals surface area contributed by atoms with E-state index in [9.17, 15) is 8.42 Å². The summed E-state index contributed by atoms with van der Waals surface area (Å²) in [5.74, 6) is 0. The standard InChI is InChI=1S/C10H18N2O2S2/c1-7(2)12-16(13,14)10-5-9(6-11-4)15-8(10)3/h5,7,11-12H,6H2,1-4H3. The second-order valence-corrected chi connectivity index (χ2v) is 6.96. The highest BCUT2D eigenvalue weighted by Gasteiger charge is 2.20. The SMILES string of the molecule is CNCc1cc(S(=O)(=O)NC(C)C)c(C)s1. The molecule has 0 aliphatic carbocycles. The molecule has 0 atom stereocenters. The third-order valence-corrected chi connectivity index (χ3v) is 4.92. The molecule has 0 bridgehead atoms. The van der Waals surface area contributed by atoms with Crippen LogP contribution in [0.2, 0.25) is 0 Å². The van der Waals surface area contributed by atoms with E-state index in [2.05, 4.69) is 10.0 Å². The van der Waals surface area contributed by atoms with Gasteiger partial charge in [0.2, 0.25) is 10.0 Å². The van der Waals surface area contributed by atoms with Crippen LogP contribution in [0.25, 0.3) is 0 Å². The van der Waals surface area contributed by atoms with Crippen molar-refractivity contribution < 1.29 is 8.42 Å². The molecule has 0 amide bonds. The topological polar surface area (TPSA) is 58.2 Å². The van der Waals surface area contributed by atoms with E-state index in [1.807, 2.05) is 27.8 Å². The molecular weight excluding hydrogens is 244 g/mol. The minimum absolute atomic E-state index is 0.0861. The van der Waals surface area contributed by atoms with Crippen molar-refractivity contribution in [3.63, 3.8) is 0 Å². The van der Waals surface area contributed by atoms with E-state index in [1.54, 1.807) is 6.07 Å². The Morgan fingerprint density at radius 3 is 2.56 bits per heavy atom. The fraction of sp³-hybridized carbons (Fsp3) is 0.600. The minimum atomic E-state index is -3.36. The summed E-state index contributed by atoms with van der Waals surface area (Å²) in [4.78, 5) is 2.26. The smallest absolute Gasteiger partial charge is 0.241 e. The van der Waals surface area contributed by atoms with Gasteiger partial charge in [0.1, 0.15) is 0 Å². The summed E-state index contributed by atoms with van der Waals surface area (Å²) in [6.45, 7) is 6.16. The summed E-state index contributed by atoms with van der Waals surface area (Å²) in [7, 11) is -1.51. The molecule has 0 radical (unpaired) electrons. The van der Waals surface area contributed by atoms with Gasteiger partial charge in [0.25, 0.3) is 0 Å². The van der Waals surface area contributed by atoms with Crippen molar-refractivity contribution in [3.05, 3.63) is 15.8 Å². The molecule has 0 saturated heterocycles. The molecule has 0 unspecified atom stereocenters. The van der Waals surface area contributed by atoms with Crippen LogP contribution in [0.4, 0.5) is 0 Å². The Morgan fingerprint density at radius 2 is 2.06 bits per heavy atom. The molecule has 0 aliphatic rings. The number of rotatable bonds is 5. The van der Waals surface area contributed by atoms with E-state index < -0.39 is 10.0 Å². The highest BCUT2D eigenvalue weighted by atomic mass is 32.2. The molecule has 6 heteroatoms. The van der Waals surface area contributed by atoms with Crippen LogP contribution in [-0.2, 0) is 16.6 Å². The highest BCUT2D eigenvalue weighted by molar-refractivity contribution is 7.89. The Bertz CT molecular complexity index is 449. The summed E-state index contributed by atoms with van der Waals surface area (Å²) in [6.07, 6.45) is 0. The minimum Gasteiger partial charge on any atom is -0.315 e. The Kier molecular flexibility index (Phi) is 4.49. The molecule has 0 fully saturated rings. The summed E-state index contributed by atoms with van der Waals surface area (Å²) >= 11 is 1.51. The van der Waals surface area contributed by atoms with Gasteiger partial charge in [-0.1, -0.05) is 0 Å². The van der Waals surface area contributed by atoms with Gasteiger partial charge in [0.05, 0.1) is 4.90 Å². The predicted molar refractivity (Wildman–Crippen MR) is 67.3 cm³/mol. The molecule has 2 N–H and O–H groups in total. The van der Waals surface area contributed by atoms with E-state index >= 15 is 0 Å². The van der Waals surface area contributed by atoms with E-state index in [1.165, 1.54) is 11.3 Å². The lowest BCUT2D eigenvalue weighted by molar-refractivity contribution is 0.569. The maximum absolute atomic E-state index is 12.0. The van der Waals surface area contributed by atoms with Crippen LogP contribution >= 0.6 is 11.3 Å². The van der Waals surface area contributed by atoms with E-state index in [-0.39, 0.29) is 6.04 Å². The van der Waals surface area contributed by atoms with Crippen molar-refractivity contribution in [2.75, 3.05) is 7.05 Å². The summed E-state index contributed by atoms with van der Waals surface area (Å²) in [5, 5.41) is 3.01. The Hall–Kier alpha value is -0.430. The molecule has 1 heterocycles. The first kappa shape index (κ1) is 13.6. The lowest BCUT2D eigenvalue weighted by atomic mass is 10.4. The number of hydrogen-bond donors (Lipinski definition) is 2. The van der Waals surface area contributed by atoms with Gasteiger partial charge in [-0.05, 0) is 33.9 Å². The van der Waals surface area contributed by atoms with Crippen LogP contribution in [0.15, 0.2) is 11.0 Å². The van der Waals surface area contributed by atoms with Crippen LogP contribution in [0.3, 0.4) is 0 Å². The number of thiophene rings is 1. The quantitative estimate of drug-likeness (QED) is 0.844. The monoisotopic (exact) mass is 262 g/mol. The van der Waals surface area contributed by atoms with Crippen molar-refractivity contribution in [2.45, 2.75) is 38.3 Å². The van der Waals surface area contributed by atoms with Crippen molar-refractivity contribution in [1.29, 1.82) is 0 Å². The van der Waals surface area contributed by atoms with Gasteiger partial charge < -0.3 is 5.32 Å². The van der Waals surface area contributed by atoms with Crippen molar-refractivity contribution in [3.8, 4) is 0 Å². The fourth-order valence-electron chi connectivity index (χ4n) is 1.43. The van der Waals surface area contributed by atoms with Gasteiger partial charge in [0.15, 0.2) is 0 Å². The first-order valence-corrected chi connectivity index (χ1v) is 7.43. The van der Waals surface area contributed by atoms with Crippen LogP contribution in [-0.4, -0.2) is 21.5 Å². The third kappa shape index (κ3) is 3.28. The molecule has 4 nitrogen and oxygen atoms in total. The van der Waals surface area contributed by atoms with Gasteiger partial charge in [0, 0.05) is 22.3 Å². The number of nitrogens with one attached hydrogen (secondary N) is 2. The lowest BCUT2D eigenvalue weighted by Gasteiger charge is -2.08. The van der Waals surface area contributed by atoms with Crippen LogP contribution < -0.4 is 10.0 Å². The highest BCUT2D eigenvalue weighted by Crippen LogP contribution is 2.25. The zero-order valence-electron chi connectivity index (χ0n) is 9.99. The maximum Gasteiger partial charge on any atom is 0.241 e. The van der Waals surface area contributed by atoms with Crippen LogP contribution in [0.1, 0.15) is 23.6 Å². The predicted octanol–water partition coefficient (Wildman–Crippen LogP) is 1.46. The molecule has 1 aromatic rings. The lowest BCUT2D eigenvalue weighted by Crippen LogP contribution is -2.30. The summed E-state index contributed by atoms with van der Waals surface area (Å²) in [6, 6.07) is 1.65. The second kappa shape index (κ2) is 5.27. The molecule has 1 rings (SSSR count). The van der Waals surface area contributed by atoms with Gasteiger partial charge in [-0.3, -0.25) is 0 Å². The first-order chi connectivity index (χ1) is 7.36. The number of sulfonamides is 1. The molecule has 0 aliphatic heterocycles. The number of hydrogen-bond acceptors (Lipinski definition) is 4. The summed E-state index contributed by atoms with van der Waals surface area (Å²) < 4.78 is 26.5. The Labute approximate surface area is 101 Å². The molecular formula is C10H18N2O2S2. The molecule has 0 saturated carbocycles. The number of aryl methyl sites for hydroxylation is 1. The van der Waals surface area contributed by atoms with Gasteiger partial charge in [-0.15, -0.1) is 11.3 Å². The van der Waals surface area contributed by atoms with E-state index in [0.29, 0.717) is 11.4 Å². The zero-order valence-corrected chi connectivity index (χ0v) is 11.6. The molecule has 0 aromatic carbocycles. The fourth-order valence-corrected chi connectivity index (χ4v) is 4.32. The molecule has 0 spiro atoms. The van der Waals surface area contributed by atoms with Crippen LogP contribution in [0.5, 0.6) is 0 Å². The first-order valence-electron chi connectivity index (χ1n) is 5.13. The summed E-state index contributed by atoms with van der Waals surface area (Å²) in [5.41, 5.74) is 0. The molecule has 16 heavy (non-hydrogen) atoms.